The summed E-state index contributed by atoms with van der Waals surface area (Å²) in [5.41, 5.74) is 3.51. The molecule has 3 heterocycles. The van der Waals surface area contributed by atoms with E-state index in [1.165, 1.54) is 0 Å². The van der Waals surface area contributed by atoms with Gasteiger partial charge in [0.05, 0.1) is 30.6 Å². The third-order valence-electron chi connectivity index (χ3n) is 4.30. The molecule has 0 aliphatic carbocycles. The monoisotopic (exact) mass is 439 g/mol. The van der Waals surface area contributed by atoms with Crippen molar-refractivity contribution >= 4 is 27.4 Å². The zero-order chi connectivity index (χ0) is 19.5. The number of benzene rings is 1. The highest BCUT2D eigenvalue weighted by Gasteiger charge is 2.13. The highest BCUT2D eigenvalue weighted by atomic mass is 79.9. The summed E-state index contributed by atoms with van der Waals surface area (Å²) in [6.45, 7) is 0.621. The van der Waals surface area contributed by atoms with Gasteiger partial charge in [-0.2, -0.15) is 9.61 Å². The highest BCUT2D eigenvalue weighted by Crippen LogP contribution is 2.33. The van der Waals surface area contributed by atoms with Crippen LogP contribution in [0.4, 0.5) is 5.82 Å². The molecule has 1 N–H and O–H groups in total. The molecule has 142 valence electrons. The van der Waals surface area contributed by atoms with Crippen LogP contribution in [0.25, 0.3) is 16.9 Å². The van der Waals surface area contributed by atoms with Gasteiger partial charge in [-0.1, -0.05) is 6.07 Å². The minimum atomic E-state index is 0.621. The van der Waals surface area contributed by atoms with Crippen LogP contribution in [0.1, 0.15) is 5.56 Å². The number of nitrogens with one attached hydrogen (secondary N) is 1. The lowest BCUT2D eigenvalue weighted by Crippen LogP contribution is -2.07. The molecule has 28 heavy (non-hydrogen) atoms. The first-order valence-corrected chi connectivity index (χ1v) is 9.38. The second-order valence-corrected chi connectivity index (χ2v) is 6.89. The maximum atomic E-state index is 5.43. The van der Waals surface area contributed by atoms with Crippen molar-refractivity contribution in [1.29, 1.82) is 0 Å². The summed E-state index contributed by atoms with van der Waals surface area (Å²) in [5.74, 6) is 2.15. The number of hydrogen-bond acceptors (Lipinski definition) is 6. The first kappa shape index (κ1) is 18.2. The molecule has 0 atom stereocenters. The van der Waals surface area contributed by atoms with Gasteiger partial charge in [0.25, 0.3) is 0 Å². The van der Waals surface area contributed by atoms with E-state index in [1.54, 1.807) is 31.1 Å². The van der Waals surface area contributed by atoms with Crippen molar-refractivity contribution in [3.05, 3.63) is 65.0 Å². The van der Waals surface area contributed by atoms with Crippen molar-refractivity contribution in [2.45, 2.75) is 6.54 Å². The Kier molecular flexibility index (Phi) is 5.12. The quantitative estimate of drug-likeness (QED) is 0.485. The van der Waals surface area contributed by atoms with Gasteiger partial charge in [-0.3, -0.25) is 4.98 Å². The van der Waals surface area contributed by atoms with Crippen LogP contribution < -0.4 is 14.8 Å². The molecule has 7 nitrogen and oxygen atoms in total. The van der Waals surface area contributed by atoms with Gasteiger partial charge in [-0.05, 0) is 45.8 Å². The zero-order valence-corrected chi connectivity index (χ0v) is 17.0. The summed E-state index contributed by atoms with van der Waals surface area (Å²) in [6.07, 6.45) is 5.32. The van der Waals surface area contributed by atoms with Crippen LogP contribution in [0.15, 0.2) is 59.5 Å². The van der Waals surface area contributed by atoms with Crippen LogP contribution in [0.3, 0.4) is 0 Å². The molecular weight excluding hydrogens is 422 g/mol. The van der Waals surface area contributed by atoms with Gasteiger partial charge in [0, 0.05) is 30.6 Å². The summed E-state index contributed by atoms with van der Waals surface area (Å²) in [6, 6.07) is 11.6. The fourth-order valence-electron chi connectivity index (χ4n) is 2.90. The lowest BCUT2D eigenvalue weighted by Gasteiger charge is -2.12. The average molecular weight is 440 g/mol. The Bertz CT molecular complexity index is 1110. The van der Waals surface area contributed by atoms with E-state index >= 15 is 0 Å². The van der Waals surface area contributed by atoms with Gasteiger partial charge >= 0.3 is 0 Å². The molecule has 0 bridgehead atoms. The number of rotatable bonds is 6. The van der Waals surface area contributed by atoms with Crippen LogP contribution in [0.5, 0.6) is 11.5 Å². The second kappa shape index (κ2) is 7.85. The molecular formula is C20H18BrN5O2. The third-order valence-corrected chi connectivity index (χ3v) is 4.86. The molecule has 0 aliphatic heterocycles. The van der Waals surface area contributed by atoms with Crippen LogP contribution in [-0.2, 0) is 6.54 Å². The van der Waals surface area contributed by atoms with Crippen molar-refractivity contribution in [3.8, 4) is 22.8 Å². The predicted octanol–water partition coefficient (Wildman–Crippen LogP) is 4.18. The first-order valence-electron chi connectivity index (χ1n) is 8.59. The minimum Gasteiger partial charge on any atom is -0.493 e. The van der Waals surface area contributed by atoms with Crippen molar-refractivity contribution in [1.82, 2.24) is 19.6 Å². The number of nitrogens with zero attached hydrogens (tertiary/aromatic N) is 4. The van der Waals surface area contributed by atoms with Crippen LogP contribution >= 0.6 is 15.9 Å². The standard InChI is InChI=1S/C20H18BrN5O2/c1-27-17-6-5-14(8-18(17)28-2)16-9-19(23-11-13-4-3-7-22-10-13)26-20(25-16)15(21)12-24-26/h3-10,12,23H,11H2,1-2H3. The molecule has 8 heteroatoms. The van der Waals surface area contributed by atoms with Gasteiger partial charge in [-0.25, -0.2) is 4.98 Å². The number of hydrogen-bond donors (Lipinski definition) is 1. The third kappa shape index (κ3) is 3.50. The van der Waals surface area contributed by atoms with Gasteiger partial charge in [0.1, 0.15) is 5.82 Å². The van der Waals surface area contributed by atoms with Gasteiger partial charge < -0.3 is 14.8 Å². The van der Waals surface area contributed by atoms with Crippen LogP contribution in [0.2, 0.25) is 0 Å². The topological polar surface area (TPSA) is 73.6 Å². The average Bonchev–Trinajstić information content (AvgIpc) is 3.13. The fourth-order valence-corrected chi connectivity index (χ4v) is 3.25. The van der Waals surface area contributed by atoms with E-state index in [4.69, 9.17) is 14.5 Å². The lowest BCUT2D eigenvalue weighted by molar-refractivity contribution is 0.355. The van der Waals surface area contributed by atoms with Gasteiger partial charge in [0.2, 0.25) is 0 Å². The molecule has 0 amide bonds. The number of halogens is 1. The summed E-state index contributed by atoms with van der Waals surface area (Å²) in [7, 11) is 3.23. The Balaban J connectivity index is 1.76. The van der Waals surface area contributed by atoms with Gasteiger partial charge in [0.15, 0.2) is 17.1 Å². The molecule has 3 aromatic heterocycles. The second-order valence-electron chi connectivity index (χ2n) is 6.04. The Morgan fingerprint density at radius 2 is 1.93 bits per heavy atom. The van der Waals surface area contributed by atoms with Crippen molar-refractivity contribution in [2.24, 2.45) is 0 Å². The summed E-state index contributed by atoms with van der Waals surface area (Å²) >= 11 is 3.53. The van der Waals surface area contributed by atoms with Crippen molar-refractivity contribution in [2.75, 3.05) is 19.5 Å². The van der Waals surface area contributed by atoms with E-state index in [0.29, 0.717) is 18.0 Å². The lowest BCUT2D eigenvalue weighted by atomic mass is 10.1. The molecule has 4 aromatic rings. The maximum absolute atomic E-state index is 5.43. The minimum absolute atomic E-state index is 0.621. The molecule has 0 aliphatic rings. The number of fused-ring (bicyclic) bond motifs is 1. The summed E-state index contributed by atoms with van der Waals surface area (Å²) < 4.78 is 13.3. The molecule has 0 spiro atoms. The SMILES string of the molecule is COc1ccc(-c2cc(NCc3cccnc3)n3ncc(Br)c3n2)cc1OC. The largest absolute Gasteiger partial charge is 0.493 e. The molecule has 0 radical (unpaired) electrons. The van der Waals surface area contributed by atoms with Gasteiger partial charge in [-0.15, -0.1) is 0 Å². The van der Waals surface area contributed by atoms with Crippen LogP contribution in [0, 0.1) is 0 Å². The summed E-state index contributed by atoms with van der Waals surface area (Å²) in [4.78, 5) is 8.91. The van der Waals surface area contributed by atoms with E-state index in [9.17, 15) is 0 Å². The maximum Gasteiger partial charge on any atom is 0.172 e. The molecule has 0 saturated carbocycles. The first-order chi connectivity index (χ1) is 13.7. The Morgan fingerprint density at radius 3 is 2.68 bits per heavy atom. The van der Waals surface area contributed by atoms with E-state index in [0.717, 1.165) is 32.8 Å². The number of anilines is 1. The molecule has 0 unspecified atom stereocenters. The number of pyridine rings is 1. The fraction of sp³-hybridized carbons (Fsp3) is 0.150. The highest BCUT2D eigenvalue weighted by molar-refractivity contribution is 9.10. The van der Waals surface area contributed by atoms with E-state index in [2.05, 4.69) is 31.3 Å². The van der Waals surface area contributed by atoms with Crippen LogP contribution in [-0.4, -0.2) is 33.8 Å². The number of aromatic nitrogens is 4. The smallest absolute Gasteiger partial charge is 0.172 e. The Labute approximate surface area is 170 Å². The predicted molar refractivity (Wildman–Crippen MR) is 111 cm³/mol. The zero-order valence-electron chi connectivity index (χ0n) is 15.4. The molecule has 4 rings (SSSR count). The molecule has 1 aromatic carbocycles. The van der Waals surface area contributed by atoms with E-state index in [1.807, 2.05) is 42.6 Å². The van der Waals surface area contributed by atoms with E-state index < -0.39 is 0 Å². The number of methoxy groups -OCH3 is 2. The molecule has 0 fully saturated rings. The van der Waals surface area contributed by atoms with Crippen molar-refractivity contribution < 1.29 is 9.47 Å². The Hall–Kier alpha value is -3.13. The van der Waals surface area contributed by atoms with E-state index in [-0.39, 0.29) is 0 Å². The molecule has 0 saturated heterocycles. The Morgan fingerprint density at radius 1 is 1.07 bits per heavy atom. The number of ether oxygens (including phenoxy) is 2. The summed E-state index contributed by atoms with van der Waals surface area (Å²) in [5, 5.41) is 7.83. The van der Waals surface area contributed by atoms with Crippen molar-refractivity contribution in [3.63, 3.8) is 0 Å². The normalized spacial score (nSPS) is 10.8.